The van der Waals surface area contributed by atoms with Gasteiger partial charge in [0.1, 0.15) is 0 Å². The lowest BCUT2D eigenvalue weighted by Crippen LogP contribution is -2.46. The monoisotopic (exact) mass is 378 g/mol. The van der Waals surface area contributed by atoms with Gasteiger partial charge in [-0.3, -0.25) is 4.90 Å². The van der Waals surface area contributed by atoms with Crippen LogP contribution in [0.25, 0.3) is 0 Å². The zero-order chi connectivity index (χ0) is 18.6. The Balaban J connectivity index is 1.73. The van der Waals surface area contributed by atoms with E-state index in [1.165, 1.54) is 5.56 Å². The van der Waals surface area contributed by atoms with E-state index in [0.29, 0.717) is 0 Å². The quantitative estimate of drug-likeness (QED) is 0.624. The van der Waals surface area contributed by atoms with Gasteiger partial charge in [0.15, 0.2) is 5.11 Å². The SMILES string of the molecule is CN(C)CCN(CCCc1ccccc1)C(=S)NCCN1CCOCC1. The fourth-order valence-corrected chi connectivity index (χ4v) is 3.30. The normalized spacial score (nSPS) is 15.2. The Hall–Kier alpha value is -1.21. The van der Waals surface area contributed by atoms with E-state index in [0.717, 1.165) is 77.0 Å². The molecule has 0 unspecified atom stereocenters. The minimum absolute atomic E-state index is 0.846. The van der Waals surface area contributed by atoms with Gasteiger partial charge < -0.3 is 19.9 Å². The summed E-state index contributed by atoms with van der Waals surface area (Å²) in [6.07, 6.45) is 2.21. The Bertz CT molecular complexity index is 506. The van der Waals surface area contributed by atoms with Crippen molar-refractivity contribution in [1.82, 2.24) is 20.0 Å². The number of rotatable bonds is 10. The lowest BCUT2D eigenvalue weighted by atomic mass is 10.1. The molecule has 0 radical (unpaired) electrons. The summed E-state index contributed by atoms with van der Waals surface area (Å²) < 4.78 is 5.40. The summed E-state index contributed by atoms with van der Waals surface area (Å²) in [5.74, 6) is 0. The molecular formula is C20H34N4OS. The van der Waals surface area contributed by atoms with Crippen molar-refractivity contribution in [3.63, 3.8) is 0 Å². The maximum atomic E-state index is 5.68. The molecule has 6 heteroatoms. The van der Waals surface area contributed by atoms with Gasteiger partial charge in [-0.2, -0.15) is 0 Å². The summed E-state index contributed by atoms with van der Waals surface area (Å²) in [5.41, 5.74) is 1.39. The summed E-state index contributed by atoms with van der Waals surface area (Å²) in [7, 11) is 4.22. The van der Waals surface area contributed by atoms with E-state index in [9.17, 15) is 0 Å². The second-order valence-corrected chi connectivity index (χ2v) is 7.45. The Morgan fingerprint density at radius 3 is 2.54 bits per heavy atom. The number of morpholine rings is 1. The van der Waals surface area contributed by atoms with Crippen LogP contribution in [0.5, 0.6) is 0 Å². The number of ether oxygens (including phenoxy) is 1. The van der Waals surface area contributed by atoms with E-state index in [1.54, 1.807) is 0 Å². The Morgan fingerprint density at radius 1 is 1.12 bits per heavy atom. The van der Waals surface area contributed by atoms with Gasteiger partial charge in [-0.15, -0.1) is 0 Å². The molecule has 0 aromatic heterocycles. The first-order valence-corrected chi connectivity index (χ1v) is 10.1. The first kappa shape index (κ1) is 21.1. The molecule has 1 aromatic rings. The number of likely N-dealkylation sites (N-methyl/N-ethyl adjacent to an activating group) is 1. The second-order valence-electron chi connectivity index (χ2n) is 7.07. The number of hydrogen-bond donors (Lipinski definition) is 1. The smallest absolute Gasteiger partial charge is 0.169 e. The van der Waals surface area contributed by atoms with Crippen LogP contribution < -0.4 is 5.32 Å². The van der Waals surface area contributed by atoms with Gasteiger partial charge in [0.05, 0.1) is 13.2 Å². The molecule has 0 saturated carbocycles. The lowest BCUT2D eigenvalue weighted by Gasteiger charge is -2.29. The van der Waals surface area contributed by atoms with Crippen LogP contribution in [0.3, 0.4) is 0 Å². The van der Waals surface area contributed by atoms with Gasteiger partial charge in [0.2, 0.25) is 0 Å². The molecule has 146 valence electrons. The zero-order valence-electron chi connectivity index (χ0n) is 16.3. The average Bonchev–Trinajstić information content (AvgIpc) is 2.66. The fourth-order valence-electron chi connectivity index (χ4n) is 3.01. The van der Waals surface area contributed by atoms with E-state index in [4.69, 9.17) is 17.0 Å². The Kier molecular flexibility index (Phi) is 9.92. The van der Waals surface area contributed by atoms with Gasteiger partial charge in [-0.25, -0.2) is 0 Å². The molecule has 1 aliphatic rings. The predicted molar refractivity (Wildman–Crippen MR) is 113 cm³/mol. The first-order valence-electron chi connectivity index (χ1n) is 9.66. The fraction of sp³-hybridized carbons (Fsp3) is 0.650. The third kappa shape index (κ3) is 8.45. The van der Waals surface area contributed by atoms with Crippen molar-refractivity contribution in [3.8, 4) is 0 Å². The molecule has 1 N–H and O–H groups in total. The van der Waals surface area contributed by atoms with E-state index in [-0.39, 0.29) is 0 Å². The predicted octanol–water partition coefficient (Wildman–Crippen LogP) is 1.69. The van der Waals surface area contributed by atoms with Crippen LogP contribution in [0.1, 0.15) is 12.0 Å². The van der Waals surface area contributed by atoms with Gasteiger partial charge in [0.25, 0.3) is 0 Å². The molecule has 0 spiro atoms. The van der Waals surface area contributed by atoms with Crippen molar-refractivity contribution in [3.05, 3.63) is 35.9 Å². The van der Waals surface area contributed by atoms with Crippen LogP contribution in [0, 0.1) is 0 Å². The molecule has 0 atom stereocenters. The van der Waals surface area contributed by atoms with E-state index < -0.39 is 0 Å². The van der Waals surface area contributed by atoms with Gasteiger partial charge >= 0.3 is 0 Å². The maximum absolute atomic E-state index is 5.68. The number of aryl methyl sites for hydroxylation is 1. The van der Waals surface area contributed by atoms with Crippen molar-refractivity contribution >= 4 is 17.3 Å². The highest BCUT2D eigenvalue weighted by Gasteiger charge is 2.12. The highest BCUT2D eigenvalue weighted by molar-refractivity contribution is 7.80. The molecule has 5 nitrogen and oxygen atoms in total. The van der Waals surface area contributed by atoms with E-state index in [1.807, 2.05) is 0 Å². The number of benzene rings is 1. The van der Waals surface area contributed by atoms with E-state index in [2.05, 4.69) is 64.4 Å². The maximum Gasteiger partial charge on any atom is 0.169 e. The van der Waals surface area contributed by atoms with Crippen LogP contribution >= 0.6 is 12.2 Å². The molecule has 1 saturated heterocycles. The first-order chi connectivity index (χ1) is 12.6. The minimum Gasteiger partial charge on any atom is -0.379 e. The molecule has 0 bridgehead atoms. The summed E-state index contributed by atoms with van der Waals surface area (Å²) in [6, 6.07) is 10.7. The van der Waals surface area contributed by atoms with Gasteiger partial charge in [-0.05, 0) is 44.7 Å². The molecule has 2 rings (SSSR count). The van der Waals surface area contributed by atoms with Crippen molar-refractivity contribution in [1.29, 1.82) is 0 Å². The lowest BCUT2D eigenvalue weighted by molar-refractivity contribution is 0.0388. The molecule has 26 heavy (non-hydrogen) atoms. The van der Waals surface area contributed by atoms with Crippen molar-refractivity contribution in [2.24, 2.45) is 0 Å². The Labute approximate surface area is 164 Å². The zero-order valence-corrected chi connectivity index (χ0v) is 17.1. The molecule has 0 aliphatic carbocycles. The second kappa shape index (κ2) is 12.2. The van der Waals surface area contributed by atoms with Crippen molar-refractivity contribution < 1.29 is 4.74 Å². The topological polar surface area (TPSA) is 31.0 Å². The number of hydrogen-bond acceptors (Lipinski definition) is 4. The standard InChI is InChI=1S/C20H34N4OS/c1-22(2)13-14-24(11-6-9-19-7-4-3-5-8-19)20(26)21-10-12-23-15-17-25-18-16-23/h3-5,7-8H,6,9-18H2,1-2H3,(H,21,26). The van der Waals surface area contributed by atoms with Crippen molar-refractivity contribution in [2.45, 2.75) is 12.8 Å². The molecule has 0 amide bonds. The van der Waals surface area contributed by atoms with Gasteiger partial charge in [-0.1, -0.05) is 30.3 Å². The van der Waals surface area contributed by atoms with Gasteiger partial charge in [0, 0.05) is 45.8 Å². The summed E-state index contributed by atoms with van der Waals surface area (Å²) in [4.78, 5) is 6.96. The number of thiocarbonyl (C=S) groups is 1. The average molecular weight is 379 g/mol. The van der Waals surface area contributed by atoms with Crippen LogP contribution in [-0.2, 0) is 11.2 Å². The number of nitrogens with one attached hydrogen (secondary N) is 1. The molecule has 1 heterocycles. The third-order valence-electron chi connectivity index (χ3n) is 4.65. The highest BCUT2D eigenvalue weighted by atomic mass is 32.1. The molecular weight excluding hydrogens is 344 g/mol. The van der Waals surface area contributed by atoms with Crippen molar-refractivity contribution in [2.75, 3.05) is 73.1 Å². The molecule has 1 aromatic carbocycles. The largest absolute Gasteiger partial charge is 0.379 e. The van der Waals surface area contributed by atoms with E-state index >= 15 is 0 Å². The number of nitrogens with zero attached hydrogens (tertiary/aromatic N) is 3. The Morgan fingerprint density at radius 2 is 1.85 bits per heavy atom. The van der Waals surface area contributed by atoms with Crippen LogP contribution in [0.4, 0.5) is 0 Å². The third-order valence-corrected chi connectivity index (χ3v) is 5.05. The molecule has 1 fully saturated rings. The summed E-state index contributed by atoms with van der Waals surface area (Å²) >= 11 is 5.68. The minimum atomic E-state index is 0.846. The molecule has 1 aliphatic heterocycles. The van der Waals surface area contributed by atoms with Crippen LogP contribution in [0.15, 0.2) is 30.3 Å². The summed E-state index contributed by atoms with van der Waals surface area (Å²) in [5, 5.41) is 4.34. The van der Waals surface area contributed by atoms with Crippen LogP contribution in [0.2, 0.25) is 0 Å². The highest BCUT2D eigenvalue weighted by Crippen LogP contribution is 2.04. The van der Waals surface area contributed by atoms with Crippen LogP contribution in [-0.4, -0.2) is 92.9 Å². The summed E-state index contributed by atoms with van der Waals surface area (Å²) in [6.45, 7) is 8.63.